The summed E-state index contributed by atoms with van der Waals surface area (Å²) in [6, 6.07) is 8.05. The van der Waals surface area contributed by atoms with Gasteiger partial charge in [0, 0.05) is 54.8 Å². The molecule has 1 aromatic heterocycles. The molecule has 0 saturated carbocycles. The number of halogens is 1. The molecule has 1 spiro atoms. The standard InChI is InChI=1S/C32H40FN5O3/c1-19(2)38-20-7-10-26(38)28-23(13-20)27(22-14-21(40-6)8-9-25(22)33)24(15-34)29(35-28)36-12-11-32(16-36)17-37(18-32)30(39)41-31(3,4)5/h8-9,14,19-20,26H,7,10-13,16-18H2,1-6H3. The molecule has 3 saturated heterocycles. The highest BCUT2D eigenvalue weighted by molar-refractivity contribution is 5.82. The van der Waals surface area contributed by atoms with Crippen molar-refractivity contribution >= 4 is 11.9 Å². The Labute approximate surface area is 242 Å². The topological polar surface area (TPSA) is 81.9 Å². The van der Waals surface area contributed by atoms with Crippen molar-refractivity contribution in [3.63, 3.8) is 0 Å². The Morgan fingerprint density at radius 3 is 2.63 bits per heavy atom. The van der Waals surface area contributed by atoms with E-state index in [0.29, 0.717) is 60.0 Å². The zero-order valence-corrected chi connectivity index (χ0v) is 25.0. The maximum atomic E-state index is 15.6. The lowest BCUT2D eigenvalue weighted by molar-refractivity contribution is -0.0266. The Balaban J connectivity index is 1.41. The molecule has 1 amide bonds. The van der Waals surface area contributed by atoms with Crippen LogP contribution in [0, 0.1) is 22.6 Å². The van der Waals surface area contributed by atoms with Gasteiger partial charge in [0.15, 0.2) is 0 Å². The molecule has 0 aliphatic carbocycles. The minimum atomic E-state index is -0.537. The molecular weight excluding hydrogens is 521 g/mol. The largest absolute Gasteiger partial charge is 0.497 e. The summed E-state index contributed by atoms with van der Waals surface area (Å²) < 4.78 is 26.6. The van der Waals surface area contributed by atoms with E-state index >= 15 is 4.39 Å². The van der Waals surface area contributed by atoms with Crippen LogP contribution in [0.2, 0.25) is 0 Å². The fourth-order valence-electron chi connectivity index (χ4n) is 7.56. The van der Waals surface area contributed by atoms with Gasteiger partial charge in [-0.2, -0.15) is 5.26 Å². The molecule has 9 heteroatoms. The molecule has 8 nitrogen and oxygen atoms in total. The molecule has 2 atom stereocenters. The van der Waals surface area contributed by atoms with Gasteiger partial charge in [0.05, 0.1) is 18.8 Å². The van der Waals surface area contributed by atoms with Gasteiger partial charge in [0.1, 0.15) is 34.6 Å². The van der Waals surface area contributed by atoms with Crippen LogP contribution in [0.5, 0.6) is 5.75 Å². The number of hydrogen-bond acceptors (Lipinski definition) is 7. The lowest BCUT2D eigenvalue weighted by atomic mass is 9.79. The van der Waals surface area contributed by atoms with Gasteiger partial charge in [-0.25, -0.2) is 14.2 Å². The first-order chi connectivity index (χ1) is 19.4. The zero-order chi connectivity index (χ0) is 29.3. The van der Waals surface area contributed by atoms with Crippen LogP contribution in [0.3, 0.4) is 0 Å². The summed E-state index contributed by atoms with van der Waals surface area (Å²) in [6.45, 7) is 12.7. The van der Waals surface area contributed by atoms with Crippen molar-refractivity contribution in [2.24, 2.45) is 5.41 Å². The number of fused-ring (bicyclic) bond motifs is 4. The third-order valence-electron chi connectivity index (χ3n) is 9.21. The zero-order valence-electron chi connectivity index (χ0n) is 25.0. The van der Waals surface area contributed by atoms with E-state index < -0.39 is 5.60 Å². The minimum Gasteiger partial charge on any atom is -0.497 e. The number of hydrogen-bond donors (Lipinski definition) is 0. The predicted molar refractivity (Wildman–Crippen MR) is 154 cm³/mol. The predicted octanol–water partition coefficient (Wildman–Crippen LogP) is 5.69. The van der Waals surface area contributed by atoms with Gasteiger partial charge in [-0.3, -0.25) is 4.90 Å². The quantitative estimate of drug-likeness (QED) is 0.475. The molecule has 2 bridgehead atoms. The molecule has 218 valence electrons. The van der Waals surface area contributed by atoms with Crippen molar-refractivity contribution in [1.82, 2.24) is 14.8 Å². The van der Waals surface area contributed by atoms with Gasteiger partial charge in [-0.15, -0.1) is 0 Å². The molecular formula is C32H40FN5O3. The Morgan fingerprint density at radius 2 is 1.98 bits per heavy atom. The number of carbonyl (C=O) groups is 1. The second-order valence-corrected chi connectivity index (χ2v) is 13.5. The molecule has 4 aliphatic rings. The van der Waals surface area contributed by atoms with Crippen LogP contribution in [0.15, 0.2) is 18.2 Å². The number of likely N-dealkylation sites (tertiary alicyclic amines) is 1. The smallest absolute Gasteiger partial charge is 0.410 e. The third kappa shape index (κ3) is 4.70. The molecule has 2 aromatic rings. The number of nitriles is 1. The highest BCUT2D eigenvalue weighted by atomic mass is 19.1. The summed E-state index contributed by atoms with van der Waals surface area (Å²) in [7, 11) is 1.57. The highest BCUT2D eigenvalue weighted by Gasteiger charge is 2.51. The van der Waals surface area contributed by atoms with Crippen molar-refractivity contribution in [3.8, 4) is 22.9 Å². The molecule has 1 aromatic carbocycles. The van der Waals surface area contributed by atoms with Crippen LogP contribution in [-0.2, 0) is 11.2 Å². The first-order valence-electron chi connectivity index (χ1n) is 14.7. The van der Waals surface area contributed by atoms with Gasteiger partial charge in [0.25, 0.3) is 0 Å². The SMILES string of the molecule is COc1ccc(F)c(-c2c(C#N)c(N3CCC4(CN(C(=O)OC(C)(C)C)C4)C3)nc3c2CC2CCC3N2C(C)C)c1. The Morgan fingerprint density at radius 1 is 1.22 bits per heavy atom. The molecule has 3 fully saturated rings. The lowest BCUT2D eigenvalue weighted by Gasteiger charge is -2.47. The van der Waals surface area contributed by atoms with Crippen LogP contribution < -0.4 is 9.64 Å². The van der Waals surface area contributed by atoms with Crippen molar-refractivity contribution in [2.75, 3.05) is 38.2 Å². The van der Waals surface area contributed by atoms with Crippen LogP contribution >= 0.6 is 0 Å². The number of nitrogens with zero attached hydrogens (tertiary/aromatic N) is 5. The van der Waals surface area contributed by atoms with Gasteiger partial charge >= 0.3 is 6.09 Å². The second-order valence-electron chi connectivity index (χ2n) is 13.5. The van der Waals surface area contributed by atoms with Crippen molar-refractivity contribution in [3.05, 3.63) is 40.8 Å². The summed E-state index contributed by atoms with van der Waals surface area (Å²) in [4.78, 5) is 24.4. The van der Waals surface area contributed by atoms with Crippen molar-refractivity contribution in [1.29, 1.82) is 5.26 Å². The van der Waals surface area contributed by atoms with Gasteiger partial charge in [-0.05, 0) is 84.1 Å². The normalized spacial score (nSPS) is 23.0. The van der Waals surface area contributed by atoms with Crippen LogP contribution in [0.4, 0.5) is 15.0 Å². The number of pyridine rings is 1. The number of anilines is 1. The van der Waals surface area contributed by atoms with Gasteiger partial charge < -0.3 is 19.3 Å². The first kappa shape index (κ1) is 27.8. The highest BCUT2D eigenvalue weighted by Crippen LogP contribution is 2.50. The summed E-state index contributed by atoms with van der Waals surface area (Å²) in [5.74, 6) is 0.812. The average Bonchev–Trinajstić information content (AvgIpc) is 3.48. The molecule has 0 radical (unpaired) electrons. The number of ether oxygens (including phenoxy) is 2. The Kier molecular flexibility index (Phi) is 6.68. The van der Waals surface area contributed by atoms with E-state index in [4.69, 9.17) is 14.5 Å². The van der Waals surface area contributed by atoms with E-state index in [1.54, 1.807) is 24.1 Å². The van der Waals surface area contributed by atoms with E-state index in [2.05, 4.69) is 29.7 Å². The maximum Gasteiger partial charge on any atom is 0.410 e. The second kappa shape index (κ2) is 9.87. The Bertz CT molecular complexity index is 1420. The fraction of sp³-hybridized carbons (Fsp3) is 0.594. The minimum absolute atomic E-state index is 0.0645. The van der Waals surface area contributed by atoms with E-state index in [1.807, 2.05) is 20.8 Å². The van der Waals surface area contributed by atoms with Crippen molar-refractivity contribution < 1.29 is 18.7 Å². The van der Waals surface area contributed by atoms with E-state index in [9.17, 15) is 10.1 Å². The number of benzene rings is 1. The van der Waals surface area contributed by atoms with Crippen molar-refractivity contribution in [2.45, 2.75) is 84.0 Å². The molecule has 6 rings (SSSR count). The molecule has 4 aliphatic heterocycles. The summed E-state index contributed by atoms with van der Waals surface area (Å²) in [6.07, 6.45) is 3.41. The van der Waals surface area contributed by atoms with E-state index in [0.717, 1.165) is 43.5 Å². The van der Waals surface area contributed by atoms with Crippen LogP contribution in [-0.4, -0.2) is 71.9 Å². The third-order valence-corrected chi connectivity index (χ3v) is 9.21. The van der Waals surface area contributed by atoms with Crippen LogP contribution in [0.25, 0.3) is 11.1 Å². The average molecular weight is 562 g/mol. The van der Waals surface area contributed by atoms with Crippen LogP contribution in [0.1, 0.15) is 76.7 Å². The van der Waals surface area contributed by atoms with Gasteiger partial charge in [-0.1, -0.05) is 0 Å². The summed E-state index contributed by atoms with van der Waals surface area (Å²) >= 11 is 0. The summed E-state index contributed by atoms with van der Waals surface area (Å²) in [5.41, 5.74) is 2.85. The maximum absolute atomic E-state index is 15.6. The number of carbonyl (C=O) groups excluding carboxylic acids is 1. The number of rotatable bonds is 4. The molecule has 5 heterocycles. The Hall–Kier alpha value is -3.38. The summed E-state index contributed by atoms with van der Waals surface area (Å²) in [5, 5.41) is 10.6. The number of methoxy groups -OCH3 is 1. The number of amides is 1. The lowest BCUT2D eigenvalue weighted by Crippen LogP contribution is -2.60. The fourth-order valence-corrected chi connectivity index (χ4v) is 7.56. The molecule has 2 unspecified atom stereocenters. The molecule has 0 N–H and O–H groups in total. The van der Waals surface area contributed by atoms with E-state index in [1.165, 1.54) is 6.07 Å². The monoisotopic (exact) mass is 561 g/mol. The molecule has 41 heavy (non-hydrogen) atoms. The number of aromatic nitrogens is 1. The van der Waals surface area contributed by atoms with E-state index in [-0.39, 0.29) is 23.4 Å². The van der Waals surface area contributed by atoms with Gasteiger partial charge in [0.2, 0.25) is 0 Å². The first-order valence-corrected chi connectivity index (χ1v) is 14.7.